The van der Waals surface area contributed by atoms with Gasteiger partial charge in [-0.3, -0.25) is 91.7 Å². The average Bonchev–Trinajstić information content (AvgIpc) is 1.64. The van der Waals surface area contributed by atoms with Gasteiger partial charge in [0.2, 0.25) is 100 Å². The van der Waals surface area contributed by atoms with Crippen LogP contribution in [0.4, 0.5) is 0 Å². The number of rotatable bonds is 64. The van der Waals surface area contributed by atoms with Crippen molar-refractivity contribution in [1.82, 2.24) is 89.7 Å². The minimum Gasteiger partial charge on any atom is -0.508 e. The van der Waals surface area contributed by atoms with Crippen molar-refractivity contribution in [1.29, 1.82) is 5.41 Å². The normalized spacial score (nSPS) is 13.7. The maximum atomic E-state index is 15.5. The number of benzene rings is 4. The first kappa shape index (κ1) is 111. The summed E-state index contributed by atoms with van der Waals surface area (Å²) in [6.07, 6.45) is 4.29. The first-order chi connectivity index (χ1) is 65.0. The minimum absolute atomic E-state index is 0.00762. The van der Waals surface area contributed by atoms with E-state index in [0.29, 0.717) is 76.3 Å². The first-order valence-electron chi connectivity index (χ1n) is 44.7. The number of aromatic hydroxyl groups is 1. The fraction of sp³-hybridized carbons (Fsp3) is 0.478. The summed E-state index contributed by atoms with van der Waals surface area (Å²) < 4.78 is 5.39. The molecule has 740 valence electrons. The number of phenols is 1. The Morgan fingerprint density at radius 3 is 1.27 bits per heavy atom. The molecule has 0 radical (unpaired) electrons. The van der Waals surface area contributed by atoms with Crippen molar-refractivity contribution in [3.8, 4) is 5.75 Å². The summed E-state index contributed by atoms with van der Waals surface area (Å²) in [5.74, 6) is -19.1. The summed E-state index contributed by atoms with van der Waals surface area (Å²) in [4.78, 5) is 255. The number of amides is 17. The molecule has 0 bridgehead atoms. The fourth-order valence-electron chi connectivity index (χ4n) is 14.4. The molecule has 0 saturated carbocycles. The maximum Gasteiger partial charge on any atom is 0.305 e. The Labute approximate surface area is 796 Å². The molecule has 4 aromatic carbocycles. The number of unbranched alkanes of at least 4 members (excludes halogenated alkanes) is 6. The molecule has 17 amide bonds. The van der Waals surface area contributed by atoms with Crippen molar-refractivity contribution < 1.29 is 101 Å². The molecule has 0 saturated heterocycles. The van der Waals surface area contributed by atoms with Crippen LogP contribution in [0.2, 0.25) is 0 Å². The Balaban J connectivity index is 1.29. The highest BCUT2D eigenvalue weighted by atomic mass is 32.1. The second-order valence-corrected chi connectivity index (χ2v) is 33.2. The van der Waals surface area contributed by atoms with E-state index in [4.69, 9.17) is 38.8 Å². The van der Waals surface area contributed by atoms with E-state index in [-0.39, 0.29) is 69.7 Å². The van der Waals surface area contributed by atoms with Gasteiger partial charge in [0.1, 0.15) is 84.9 Å². The van der Waals surface area contributed by atoms with Gasteiger partial charge in [0.25, 0.3) is 0 Å². The topological polar surface area (TPSA) is 723 Å². The molecule has 12 atom stereocenters. The van der Waals surface area contributed by atoms with Crippen LogP contribution in [0.1, 0.15) is 145 Å². The third kappa shape index (κ3) is 39.7. The zero-order valence-electron chi connectivity index (χ0n) is 75.8. The van der Waals surface area contributed by atoms with Crippen molar-refractivity contribution >= 4 is 159 Å². The smallest absolute Gasteiger partial charge is 0.305 e. The number of aliphatic carboxylic acids is 1. The zero-order valence-corrected chi connectivity index (χ0v) is 77.6. The van der Waals surface area contributed by atoms with Gasteiger partial charge >= 0.3 is 5.97 Å². The number of thiol groups is 2. The van der Waals surface area contributed by atoms with Crippen molar-refractivity contribution in [2.24, 2.45) is 28.7 Å². The number of carbonyl (C=O) groups is 18. The van der Waals surface area contributed by atoms with E-state index in [1.165, 1.54) is 30.5 Å². The molecular weight excluding hydrogens is 1800 g/mol. The van der Waals surface area contributed by atoms with Gasteiger partial charge < -0.3 is 133 Å². The Kier molecular flexibility index (Phi) is 48.1. The predicted octanol–water partition coefficient (Wildman–Crippen LogP) is -2.79. The number of hydrogen-bond donors (Lipinski definition) is 27. The van der Waals surface area contributed by atoms with Crippen LogP contribution in [0.15, 0.2) is 116 Å². The molecule has 46 heteroatoms. The van der Waals surface area contributed by atoms with E-state index in [9.17, 15) is 77.3 Å². The lowest BCUT2D eigenvalue weighted by molar-refractivity contribution is -0.141. The highest BCUT2D eigenvalue weighted by Gasteiger charge is 2.39. The average molecular weight is 1930 g/mol. The number of H-pyrrole nitrogens is 2. The monoisotopic (exact) mass is 1930 g/mol. The van der Waals surface area contributed by atoms with Crippen molar-refractivity contribution in [2.45, 2.75) is 221 Å². The molecule has 0 aliphatic rings. The number of aromatic nitrogens is 2. The largest absolute Gasteiger partial charge is 0.508 e. The number of phenolic OH excluding ortho intramolecular Hbond substituents is 1. The lowest BCUT2D eigenvalue weighted by Gasteiger charge is -2.28. The molecule has 44 nitrogen and oxygen atoms in total. The molecule has 30 N–H and O–H groups in total. The summed E-state index contributed by atoms with van der Waals surface area (Å²) in [7, 11) is 0. The van der Waals surface area contributed by atoms with Gasteiger partial charge in [0, 0.05) is 104 Å². The van der Waals surface area contributed by atoms with E-state index in [1.54, 1.807) is 85.1 Å². The molecule has 0 aliphatic heterocycles. The minimum atomic E-state index is -2.05. The number of carboxylic acids is 1. The van der Waals surface area contributed by atoms with E-state index in [2.05, 4.69) is 115 Å². The maximum absolute atomic E-state index is 15.5. The molecule has 0 aliphatic carbocycles. The summed E-state index contributed by atoms with van der Waals surface area (Å²) in [6.45, 7) is 2.25. The molecule has 6 aromatic rings. The van der Waals surface area contributed by atoms with Gasteiger partial charge in [-0.05, 0) is 104 Å². The van der Waals surface area contributed by atoms with E-state index in [1.807, 2.05) is 6.92 Å². The van der Waals surface area contributed by atoms with Gasteiger partial charge in [-0.15, -0.1) is 0 Å². The van der Waals surface area contributed by atoms with E-state index >= 15 is 19.2 Å². The summed E-state index contributed by atoms with van der Waals surface area (Å²) in [6, 6.07) is 8.69. The zero-order chi connectivity index (χ0) is 99.8. The quantitative estimate of drug-likeness (QED) is 0.00794. The second kappa shape index (κ2) is 59.0. The number of ether oxygens (including phenoxy) is 1. The highest BCUT2D eigenvalue weighted by Crippen LogP contribution is 2.23. The van der Waals surface area contributed by atoms with Crippen molar-refractivity contribution in [3.05, 3.63) is 138 Å². The number of carbonyl (C=O) groups excluding carboxylic acids is 17. The van der Waals surface area contributed by atoms with Gasteiger partial charge in [-0.1, -0.05) is 124 Å². The van der Waals surface area contributed by atoms with Crippen LogP contribution in [-0.2, 0) is 117 Å². The predicted molar refractivity (Wildman–Crippen MR) is 508 cm³/mol. The van der Waals surface area contributed by atoms with Crippen LogP contribution in [0.5, 0.6) is 5.75 Å². The molecule has 136 heavy (non-hydrogen) atoms. The van der Waals surface area contributed by atoms with Crippen molar-refractivity contribution in [3.63, 3.8) is 0 Å². The molecular formula is C90H127N23O21S2. The number of hydrogen-bond acceptors (Lipinski definition) is 24. The third-order valence-corrected chi connectivity index (χ3v) is 22.4. The van der Waals surface area contributed by atoms with Crippen LogP contribution >= 0.6 is 25.3 Å². The molecule has 0 fully saturated rings. The summed E-state index contributed by atoms with van der Waals surface area (Å²) in [5, 5.41) is 68.0. The van der Waals surface area contributed by atoms with Crippen LogP contribution in [0, 0.1) is 5.41 Å². The Bertz CT molecular complexity index is 5060. The van der Waals surface area contributed by atoms with E-state index in [0.717, 1.165) is 32.6 Å². The number of nitrogens with one attached hydrogen (secondary N) is 18. The highest BCUT2D eigenvalue weighted by molar-refractivity contribution is 7.80. The lowest BCUT2D eigenvalue weighted by Crippen LogP contribution is -2.61. The Hall–Kier alpha value is -13.9. The second-order valence-electron chi connectivity index (χ2n) is 32.5. The molecule has 2 aromatic heterocycles. The summed E-state index contributed by atoms with van der Waals surface area (Å²) in [5.41, 5.74) is 30.6. The number of nitrogens with two attached hydrogens (primary N) is 5. The fourth-order valence-corrected chi connectivity index (χ4v) is 15.0. The van der Waals surface area contributed by atoms with Gasteiger partial charge in [-0.2, -0.15) is 25.3 Å². The standard InChI is InChI=1S/C90H127N23O21S2/c1-3-4-5-6-7-11-26-62(81(125)108-66(40-52-19-9-8-10-20-52)79(123)101-47-75(118)97-38-39-134-48-76(119)103-61(78(94)122)25-16-17-36-91)104-80(124)63(27-18-37-98-90(95)96)105-85(129)68(42-54-45-99-59-23-14-12-21-57(54)59)110-84(128)67(41-53-28-30-56(115)31-29-53)109-89(133)72(50-136)113-83(127)65(33-35-74(93)117)106-86(130)69(43-55-46-100-60-24-15-13-22-58(55)60)111-87(131)70(44-77(120)121)112-82(126)64(32-34-73(92)116)107-88(132)71(49-135)102-51(2)114/h8-10,12-15,19-24,28-31,45-46,61-72,99-100,115,135-136H,3-7,11,16-18,25-27,32-44,47-50,91H2,1-2H3,(H2,92,116)(H2,93,117)(H2,94,122)(H,97,118)(H,101,123)(H,102,114)(H,103,119)(H,104,124)(H,105,129)(H,106,130)(H,107,132)(H,108,125)(H,109,133)(H,110,128)(H,111,131)(H,112,126)(H,113,127)(H,120,121)(H4,95,96,98)/t61-,62+,63+,64+,65+,66+,67+,68+,69+,70+,71+,72+/m1/s1. The van der Waals surface area contributed by atoms with Crippen molar-refractivity contribution in [2.75, 3.05) is 50.9 Å². The number of primary amides is 3. The van der Waals surface area contributed by atoms with Crippen LogP contribution in [0.3, 0.4) is 0 Å². The molecule has 0 spiro atoms. The van der Waals surface area contributed by atoms with Crippen LogP contribution < -0.4 is 108 Å². The number of para-hydroxylation sites is 2. The van der Waals surface area contributed by atoms with Gasteiger partial charge in [0.05, 0.1) is 19.6 Å². The van der Waals surface area contributed by atoms with Crippen LogP contribution in [-0.4, -0.2) is 256 Å². The van der Waals surface area contributed by atoms with Gasteiger partial charge in [0.15, 0.2) is 5.96 Å². The number of guanidine groups is 1. The van der Waals surface area contributed by atoms with E-state index < -0.39 is 249 Å². The molecule has 2 heterocycles. The third-order valence-electron chi connectivity index (χ3n) is 21.7. The van der Waals surface area contributed by atoms with Gasteiger partial charge in [-0.25, -0.2) is 0 Å². The molecule has 0 unspecified atom stereocenters. The first-order valence-corrected chi connectivity index (χ1v) is 46.0. The Morgan fingerprint density at radius 2 is 0.801 bits per heavy atom. The molecule has 6 rings (SSSR count). The summed E-state index contributed by atoms with van der Waals surface area (Å²) >= 11 is 8.49. The lowest BCUT2D eigenvalue weighted by atomic mass is 10.0. The Morgan fingerprint density at radius 1 is 0.404 bits per heavy atom. The number of aromatic amines is 2. The number of fused-ring (bicyclic) bond motifs is 2. The SMILES string of the molecule is CCCCCCCC[C@H](NC(=O)[C@H](CCCNC(=N)N)NC(=O)[C@H](Cc1c[nH]c2ccccc12)NC(=O)[C@H](Cc1ccc(O)cc1)NC(=O)[C@H](CS)NC(=O)[C@H](CCC(N)=O)NC(=O)[C@H](Cc1c[nH]c2ccccc12)NC(=O)[C@H](CC(=O)O)NC(=O)[C@H](CCC(N)=O)NC(=O)[C@H](CS)NC(C)=O)C(=O)N[C@@H](Cc1ccccc1)C(=O)NCC(=O)NCCOCC(=O)N[C@H](CCCCN)C(N)=O. The number of carboxylic acid groups (broad SMARTS) is 1. The van der Waals surface area contributed by atoms with Crippen LogP contribution in [0.25, 0.3) is 21.8 Å².